The van der Waals surface area contributed by atoms with Crippen molar-refractivity contribution in [2.24, 2.45) is 7.05 Å². The summed E-state index contributed by atoms with van der Waals surface area (Å²) in [5.41, 5.74) is -0.293. The average molecular weight is 363 g/mol. The summed E-state index contributed by atoms with van der Waals surface area (Å²) in [7, 11) is 1.41. The molecule has 26 heavy (non-hydrogen) atoms. The number of hydrogen-bond donors (Lipinski definition) is 1. The fraction of sp³-hybridized carbons (Fsp3) is 0.118. The van der Waals surface area contributed by atoms with Crippen molar-refractivity contribution >= 4 is 22.4 Å². The van der Waals surface area contributed by atoms with E-state index >= 15 is 0 Å². The molecule has 0 bridgehead atoms. The van der Waals surface area contributed by atoms with E-state index in [4.69, 9.17) is 0 Å². The van der Waals surface area contributed by atoms with Crippen molar-refractivity contribution in [3.8, 4) is 5.75 Å². The number of hydrogen-bond acceptors (Lipinski definition) is 4. The van der Waals surface area contributed by atoms with Crippen molar-refractivity contribution in [3.05, 3.63) is 64.6 Å². The van der Waals surface area contributed by atoms with Crippen molar-refractivity contribution in [2.45, 2.75) is 6.36 Å². The van der Waals surface area contributed by atoms with Crippen LogP contribution in [-0.2, 0) is 7.05 Å². The van der Waals surface area contributed by atoms with Crippen LogP contribution in [0.5, 0.6) is 5.75 Å². The van der Waals surface area contributed by atoms with Gasteiger partial charge in [0.2, 0.25) is 0 Å². The van der Waals surface area contributed by atoms with Gasteiger partial charge in [-0.1, -0.05) is 24.3 Å². The van der Waals surface area contributed by atoms with Gasteiger partial charge >= 0.3 is 6.36 Å². The Bertz CT molecular complexity index is 1040. The smallest absolute Gasteiger partial charge is 0.406 e. The fourth-order valence-corrected chi connectivity index (χ4v) is 2.43. The largest absolute Gasteiger partial charge is 0.573 e. The highest BCUT2D eigenvalue weighted by molar-refractivity contribution is 6.11. The number of nitrogens with one attached hydrogen (secondary N) is 1. The number of alkyl halides is 3. The summed E-state index contributed by atoms with van der Waals surface area (Å²) in [6, 6.07) is 11.3. The molecular weight excluding hydrogens is 351 g/mol. The van der Waals surface area contributed by atoms with E-state index in [1.165, 1.54) is 19.2 Å². The molecule has 0 radical (unpaired) electrons. The van der Waals surface area contributed by atoms with Crippen LogP contribution in [-0.4, -0.2) is 22.1 Å². The zero-order valence-electron chi connectivity index (χ0n) is 13.4. The maximum Gasteiger partial charge on any atom is 0.573 e. The van der Waals surface area contributed by atoms with Gasteiger partial charge in [-0.05, 0) is 18.2 Å². The van der Waals surface area contributed by atoms with Crippen molar-refractivity contribution in [3.63, 3.8) is 0 Å². The van der Waals surface area contributed by atoms with Gasteiger partial charge in [0.05, 0.1) is 5.39 Å². The quantitative estimate of drug-likeness (QED) is 0.776. The number of halogens is 3. The zero-order chi connectivity index (χ0) is 18.9. The predicted octanol–water partition coefficient (Wildman–Crippen LogP) is 3.08. The minimum absolute atomic E-state index is 0.0233. The third-order valence-corrected chi connectivity index (χ3v) is 3.50. The van der Waals surface area contributed by atoms with Crippen LogP contribution in [0.25, 0.3) is 10.8 Å². The van der Waals surface area contributed by atoms with E-state index < -0.39 is 18.0 Å². The van der Waals surface area contributed by atoms with Gasteiger partial charge in [-0.15, -0.1) is 13.2 Å². The minimum Gasteiger partial charge on any atom is -0.406 e. The van der Waals surface area contributed by atoms with Gasteiger partial charge in [0.25, 0.3) is 11.5 Å². The third-order valence-electron chi connectivity index (χ3n) is 3.50. The Balaban J connectivity index is 1.95. The monoisotopic (exact) mass is 363 g/mol. The SMILES string of the molecule is Cn1nc(C(=O)Nc2cccc(OC(F)(F)F)c2)c2ccccc2c1=O. The van der Waals surface area contributed by atoms with E-state index in [1.807, 2.05) is 0 Å². The average Bonchev–Trinajstić information content (AvgIpc) is 2.57. The summed E-state index contributed by atoms with van der Waals surface area (Å²) in [5.74, 6) is -1.13. The third kappa shape index (κ3) is 3.66. The first-order valence-corrected chi connectivity index (χ1v) is 7.38. The number of fused-ring (bicyclic) bond motifs is 1. The van der Waals surface area contributed by atoms with Gasteiger partial charge in [0.1, 0.15) is 5.75 Å². The lowest BCUT2D eigenvalue weighted by molar-refractivity contribution is -0.274. The lowest BCUT2D eigenvalue weighted by Crippen LogP contribution is -2.25. The summed E-state index contributed by atoms with van der Waals surface area (Å²) in [4.78, 5) is 24.6. The Morgan fingerprint density at radius 3 is 2.50 bits per heavy atom. The molecule has 0 fully saturated rings. The minimum atomic E-state index is -4.84. The summed E-state index contributed by atoms with van der Waals surface area (Å²) in [5, 5.41) is 7.07. The number of anilines is 1. The molecule has 1 aromatic heterocycles. The van der Waals surface area contributed by atoms with E-state index in [0.29, 0.717) is 10.8 Å². The number of benzene rings is 2. The van der Waals surface area contributed by atoms with Crippen LogP contribution in [0.4, 0.5) is 18.9 Å². The second-order valence-corrected chi connectivity index (χ2v) is 5.35. The number of aromatic nitrogens is 2. The Morgan fingerprint density at radius 2 is 1.81 bits per heavy atom. The van der Waals surface area contributed by atoms with Crippen molar-refractivity contribution in [1.82, 2.24) is 9.78 Å². The van der Waals surface area contributed by atoms with Crippen LogP contribution >= 0.6 is 0 Å². The number of nitrogens with zero attached hydrogens (tertiary/aromatic N) is 2. The molecule has 0 aliphatic rings. The van der Waals surface area contributed by atoms with Crippen LogP contribution in [0.3, 0.4) is 0 Å². The molecule has 2 aromatic carbocycles. The number of aryl methyl sites for hydroxylation is 1. The molecule has 9 heteroatoms. The highest BCUT2D eigenvalue weighted by atomic mass is 19.4. The zero-order valence-corrected chi connectivity index (χ0v) is 13.4. The van der Waals surface area contributed by atoms with E-state index in [1.54, 1.807) is 24.3 Å². The van der Waals surface area contributed by atoms with Gasteiger partial charge in [-0.25, -0.2) is 4.68 Å². The van der Waals surface area contributed by atoms with E-state index in [-0.39, 0.29) is 16.9 Å². The van der Waals surface area contributed by atoms with Crippen molar-refractivity contribution in [1.29, 1.82) is 0 Å². The van der Waals surface area contributed by atoms with E-state index in [0.717, 1.165) is 16.8 Å². The number of carbonyl (C=O) groups excluding carboxylic acids is 1. The number of rotatable bonds is 3. The molecule has 0 unspecified atom stereocenters. The standard InChI is InChI=1S/C17H12F3N3O3/c1-23-16(25)13-8-3-2-7-12(13)14(22-23)15(24)21-10-5-4-6-11(9-10)26-17(18,19)20/h2-9H,1H3,(H,21,24). The molecule has 3 aromatic rings. The molecule has 0 saturated heterocycles. The molecule has 1 amide bonds. The first-order chi connectivity index (χ1) is 12.2. The van der Waals surface area contributed by atoms with Crippen LogP contribution < -0.4 is 15.6 Å². The highest BCUT2D eigenvalue weighted by Crippen LogP contribution is 2.25. The fourth-order valence-electron chi connectivity index (χ4n) is 2.43. The van der Waals surface area contributed by atoms with Crippen LogP contribution in [0, 0.1) is 0 Å². The van der Waals surface area contributed by atoms with Crippen LogP contribution in [0.2, 0.25) is 0 Å². The summed E-state index contributed by atoms with van der Waals surface area (Å²) >= 11 is 0. The van der Waals surface area contributed by atoms with Crippen molar-refractivity contribution < 1.29 is 22.7 Å². The van der Waals surface area contributed by atoms with Crippen LogP contribution in [0.1, 0.15) is 10.5 Å². The molecule has 3 rings (SSSR count). The number of ether oxygens (including phenoxy) is 1. The molecule has 0 saturated carbocycles. The second-order valence-electron chi connectivity index (χ2n) is 5.35. The van der Waals surface area contributed by atoms with Crippen molar-refractivity contribution in [2.75, 3.05) is 5.32 Å². The lowest BCUT2D eigenvalue weighted by Gasteiger charge is -2.11. The Labute approximate surface area is 144 Å². The van der Waals surface area contributed by atoms with E-state index in [9.17, 15) is 22.8 Å². The number of carbonyl (C=O) groups is 1. The maximum absolute atomic E-state index is 12.5. The van der Waals surface area contributed by atoms with E-state index in [2.05, 4.69) is 15.2 Å². The Hall–Kier alpha value is -3.36. The summed E-state index contributed by atoms with van der Waals surface area (Å²) in [6.07, 6.45) is -4.84. The van der Waals surface area contributed by atoms with Crippen LogP contribution in [0.15, 0.2) is 53.3 Å². The second kappa shape index (κ2) is 6.51. The maximum atomic E-state index is 12.5. The summed E-state index contributed by atoms with van der Waals surface area (Å²) in [6.45, 7) is 0. The topological polar surface area (TPSA) is 73.2 Å². The molecule has 134 valence electrons. The first-order valence-electron chi connectivity index (χ1n) is 7.38. The number of amides is 1. The molecule has 1 N–H and O–H groups in total. The molecule has 0 spiro atoms. The molecular formula is C17H12F3N3O3. The van der Waals surface area contributed by atoms with Gasteiger partial charge < -0.3 is 10.1 Å². The first kappa shape index (κ1) is 17.5. The van der Waals surface area contributed by atoms with Gasteiger partial charge in [-0.3, -0.25) is 9.59 Å². The highest BCUT2D eigenvalue weighted by Gasteiger charge is 2.31. The lowest BCUT2D eigenvalue weighted by atomic mass is 10.1. The molecule has 0 aliphatic heterocycles. The normalized spacial score (nSPS) is 11.4. The Kier molecular flexibility index (Phi) is 4.37. The predicted molar refractivity (Wildman–Crippen MR) is 88.1 cm³/mol. The molecule has 0 aliphatic carbocycles. The molecule has 6 nitrogen and oxygen atoms in total. The van der Waals surface area contributed by atoms with Gasteiger partial charge in [0.15, 0.2) is 5.69 Å². The summed E-state index contributed by atoms with van der Waals surface area (Å²) < 4.78 is 41.8. The Morgan fingerprint density at radius 1 is 1.12 bits per heavy atom. The molecule has 1 heterocycles. The van der Waals surface area contributed by atoms with Gasteiger partial charge in [-0.2, -0.15) is 5.10 Å². The molecule has 0 atom stereocenters. The van der Waals surface area contributed by atoms with Gasteiger partial charge in [0, 0.05) is 24.2 Å².